The number of aromatic nitrogens is 2. The molecule has 1 amide bonds. The van der Waals surface area contributed by atoms with Crippen molar-refractivity contribution < 1.29 is 13.9 Å². The number of carbonyl (C=O) groups excluding carboxylic acids is 1. The average Bonchev–Trinajstić information content (AvgIpc) is 2.96. The van der Waals surface area contributed by atoms with E-state index in [9.17, 15) is 9.18 Å². The highest BCUT2D eigenvalue weighted by molar-refractivity contribution is 5.76. The molecule has 3 rings (SSSR count). The van der Waals surface area contributed by atoms with Crippen molar-refractivity contribution in [1.82, 2.24) is 15.1 Å². The zero-order valence-electron chi connectivity index (χ0n) is 15.4. The molecule has 1 N–H and O–H groups in total. The first-order valence-corrected chi connectivity index (χ1v) is 8.80. The molecular weight excluding hydrogens is 345 g/mol. The third kappa shape index (κ3) is 4.73. The minimum absolute atomic E-state index is 0.108. The van der Waals surface area contributed by atoms with E-state index in [-0.39, 0.29) is 24.8 Å². The molecule has 27 heavy (non-hydrogen) atoms. The van der Waals surface area contributed by atoms with Crippen LogP contribution in [0.2, 0.25) is 0 Å². The lowest BCUT2D eigenvalue weighted by Gasteiger charge is -2.08. The van der Waals surface area contributed by atoms with Crippen LogP contribution in [0.25, 0.3) is 5.69 Å². The Hall–Kier alpha value is -3.15. The lowest BCUT2D eigenvalue weighted by molar-refractivity contribution is -0.121. The Balaban J connectivity index is 1.53. The molecule has 1 aromatic heterocycles. The summed E-state index contributed by atoms with van der Waals surface area (Å²) < 4.78 is 20.2. The highest BCUT2D eigenvalue weighted by Gasteiger charge is 2.13. The van der Waals surface area contributed by atoms with E-state index in [0.717, 1.165) is 22.6 Å². The quantitative estimate of drug-likeness (QED) is 0.693. The first-order valence-electron chi connectivity index (χ1n) is 8.80. The number of aryl methyl sites for hydroxylation is 1. The van der Waals surface area contributed by atoms with E-state index in [1.807, 2.05) is 48.9 Å². The molecule has 0 spiro atoms. The molecule has 0 unspecified atom stereocenters. The van der Waals surface area contributed by atoms with Crippen molar-refractivity contribution in [2.45, 2.75) is 26.8 Å². The Labute approximate surface area is 157 Å². The van der Waals surface area contributed by atoms with Gasteiger partial charge < -0.3 is 10.1 Å². The standard InChI is InChI=1S/C21H22FN3O2/c1-15-20(16(2)25(24-15)18-6-4-3-5-7-18)14-23-21(26)12-13-27-19-10-8-17(22)9-11-19/h3-11H,12-14H2,1-2H3,(H,23,26). The topological polar surface area (TPSA) is 56.2 Å². The molecule has 0 saturated carbocycles. The van der Waals surface area contributed by atoms with Gasteiger partial charge in [0.25, 0.3) is 0 Å². The number of amides is 1. The number of hydrogen-bond donors (Lipinski definition) is 1. The van der Waals surface area contributed by atoms with Crippen molar-refractivity contribution in [3.63, 3.8) is 0 Å². The second-order valence-corrected chi connectivity index (χ2v) is 6.23. The minimum atomic E-state index is -0.318. The molecule has 140 valence electrons. The molecule has 0 atom stereocenters. The molecule has 6 heteroatoms. The van der Waals surface area contributed by atoms with E-state index in [1.165, 1.54) is 24.3 Å². The van der Waals surface area contributed by atoms with Crippen LogP contribution in [0.15, 0.2) is 54.6 Å². The van der Waals surface area contributed by atoms with Crippen molar-refractivity contribution >= 4 is 5.91 Å². The van der Waals surface area contributed by atoms with Gasteiger partial charge in [-0.05, 0) is 50.2 Å². The van der Waals surface area contributed by atoms with Crippen molar-refractivity contribution in [1.29, 1.82) is 0 Å². The molecule has 0 aliphatic rings. The summed E-state index contributed by atoms with van der Waals surface area (Å²) in [6.07, 6.45) is 0.224. The molecule has 0 radical (unpaired) electrons. The largest absolute Gasteiger partial charge is 0.493 e. The third-order valence-corrected chi connectivity index (χ3v) is 4.32. The highest BCUT2D eigenvalue weighted by Crippen LogP contribution is 2.17. The highest BCUT2D eigenvalue weighted by atomic mass is 19.1. The van der Waals surface area contributed by atoms with Gasteiger partial charge in [-0.2, -0.15) is 5.10 Å². The average molecular weight is 367 g/mol. The molecule has 0 aliphatic heterocycles. The number of hydrogen-bond acceptors (Lipinski definition) is 3. The number of carbonyl (C=O) groups is 1. The lowest BCUT2D eigenvalue weighted by atomic mass is 10.2. The van der Waals surface area contributed by atoms with Gasteiger partial charge in [-0.25, -0.2) is 9.07 Å². The van der Waals surface area contributed by atoms with Crippen molar-refractivity contribution in [2.24, 2.45) is 0 Å². The van der Waals surface area contributed by atoms with E-state index in [0.29, 0.717) is 12.3 Å². The predicted molar refractivity (Wildman–Crippen MR) is 101 cm³/mol. The minimum Gasteiger partial charge on any atom is -0.493 e. The van der Waals surface area contributed by atoms with Crippen LogP contribution in [0.1, 0.15) is 23.4 Å². The number of benzene rings is 2. The van der Waals surface area contributed by atoms with Crippen molar-refractivity contribution in [2.75, 3.05) is 6.61 Å². The zero-order valence-corrected chi connectivity index (χ0v) is 15.4. The number of para-hydroxylation sites is 1. The van der Waals surface area contributed by atoms with Gasteiger partial charge in [0.2, 0.25) is 5.91 Å². The molecular formula is C21H22FN3O2. The van der Waals surface area contributed by atoms with Gasteiger partial charge in [-0.1, -0.05) is 18.2 Å². The van der Waals surface area contributed by atoms with Crippen molar-refractivity contribution in [3.05, 3.63) is 77.4 Å². The smallest absolute Gasteiger partial charge is 0.223 e. The zero-order chi connectivity index (χ0) is 19.2. The molecule has 2 aromatic carbocycles. The van der Waals surface area contributed by atoms with Gasteiger partial charge in [0, 0.05) is 17.8 Å². The van der Waals surface area contributed by atoms with Crippen molar-refractivity contribution in [3.8, 4) is 11.4 Å². The Bertz CT molecular complexity index is 905. The van der Waals surface area contributed by atoms with Crippen LogP contribution in [0.3, 0.4) is 0 Å². The van der Waals surface area contributed by atoms with Crippen LogP contribution in [-0.2, 0) is 11.3 Å². The maximum Gasteiger partial charge on any atom is 0.223 e. The van der Waals surface area contributed by atoms with E-state index >= 15 is 0 Å². The summed E-state index contributed by atoms with van der Waals surface area (Å²) in [4.78, 5) is 12.1. The second kappa shape index (κ2) is 8.49. The fourth-order valence-corrected chi connectivity index (χ4v) is 2.82. The predicted octanol–water partition coefficient (Wildman–Crippen LogP) is 3.71. The summed E-state index contributed by atoms with van der Waals surface area (Å²) in [5, 5.41) is 7.49. The first kappa shape index (κ1) is 18.6. The summed E-state index contributed by atoms with van der Waals surface area (Å²) in [5.41, 5.74) is 3.89. The van der Waals surface area contributed by atoms with Gasteiger partial charge in [-0.3, -0.25) is 4.79 Å². The number of rotatable bonds is 7. The normalized spacial score (nSPS) is 10.6. The third-order valence-electron chi connectivity index (χ3n) is 4.32. The summed E-state index contributed by atoms with van der Waals surface area (Å²) in [5.74, 6) is 0.116. The van der Waals surface area contributed by atoms with E-state index in [4.69, 9.17) is 4.74 Å². The van der Waals surface area contributed by atoms with Gasteiger partial charge >= 0.3 is 0 Å². The monoisotopic (exact) mass is 367 g/mol. The Morgan fingerprint density at radius 2 is 1.81 bits per heavy atom. The maximum absolute atomic E-state index is 12.8. The van der Waals surface area contributed by atoms with Crippen LogP contribution >= 0.6 is 0 Å². The van der Waals surface area contributed by atoms with E-state index in [1.54, 1.807) is 0 Å². The molecule has 3 aromatic rings. The van der Waals surface area contributed by atoms with Crippen LogP contribution in [0.5, 0.6) is 5.75 Å². The summed E-state index contributed by atoms with van der Waals surface area (Å²) in [7, 11) is 0. The maximum atomic E-state index is 12.8. The fraction of sp³-hybridized carbons (Fsp3) is 0.238. The van der Waals surface area contributed by atoms with Gasteiger partial charge in [0.05, 0.1) is 24.4 Å². The first-order chi connectivity index (χ1) is 13.0. The van der Waals surface area contributed by atoms with E-state index < -0.39 is 0 Å². The number of nitrogens with zero attached hydrogens (tertiary/aromatic N) is 2. The molecule has 5 nitrogen and oxygen atoms in total. The van der Waals surface area contributed by atoms with Crippen LogP contribution in [0, 0.1) is 19.7 Å². The van der Waals surface area contributed by atoms with Crippen LogP contribution in [-0.4, -0.2) is 22.3 Å². The summed E-state index contributed by atoms with van der Waals surface area (Å²) >= 11 is 0. The molecule has 0 fully saturated rings. The number of ether oxygens (including phenoxy) is 1. The second-order valence-electron chi connectivity index (χ2n) is 6.23. The fourth-order valence-electron chi connectivity index (χ4n) is 2.82. The number of halogens is 1. The SMILES string of the molecule is Cc1nn(-c2ccccc2)c(C)c1CNC(=O)CCOc1ccc(F)cc1. The lowest BCUT2D eigenvalue weighted by Crippen LogP contribution is -2.25. The molecule has 0 bridgehead atoms. The summed E-state index contributed by atoms with van der Waals surface area (Å²) in [6, 6.07) is 15.6. The molecule has 0 saturated heterocycles. The Kier molecular flexibility index (Phi) is 5.86. The molecule has 0 aliphatic carbocycles. The molecule has 1 heterocycles. The summed E-state index contributed by atoms with van der Waals surface area (Å²) in [6.45, 7) is 4.58. The van der Waals surface area contributed by atoms with Crippen LogP contribution < -0.4 is 10.1 Å². The van der Waals surface area contributed by atoms with Gasteiger partial charge in [0.15, 0.2) is 0 Å². The van der Waals surface area contributed by atoms with E-state index in [2.05, 4.69) is 10.4 Å². The van der Waals surface area contributed by atoms with Gasteiger partial charge in [0.1, 0.15) is 11.6 Å². The Morgan fingerprint density at radius 3 is 2.52 bits per heavy atom. The van der Waals surface area contributed by atoms with Crippen LogP contribution in [0.4, 0.5) is 4.39 Å². The number of nitrogens with one attached hydrogen (secondary N) is 1. The Morgan fingerprint density at radius 1 is 1.11 bits per heavy atom. The van der Waals surface area contributed by atoms with Gasteiger partial charge in [-0.15, -0.1) is 0 Å².